The summed E-state index contributed by atoms with van der Waals surface area (Å²) in [6.45, 7) is 2.15. The van der Waals surface area contributed by atoms with Crippen molar-refractivity contribution in [3.8, 4) is 0 Å². The molecule has 0 spiro atoms. The van der Waals surface area contributed by atoms with Crippen LogP contribution in [0, 0.1) is 5.92 Å². The number of unbranched alkanes of at least 4 members (excludes halogenated alkanes) is 4. The first kappa shape index (κ1) is 21.8. The molecule has 0 aliphatic rings. The monoisotopic (exact) mass is 336 g/mol. The van der Waals surface area contributed by atoms with E-state index in [1.54, 1.807) is 0 Å². The van der Waals surface area contributed by atoms with Crippen LogP contribution in [0.5, 0.6) is 0 Å². The van der Waals surface area contributed by atoms with Gasteiger partial charge in [-0.05, 0) is 50.3 Å². The second kappa shape index (κ2) is 17.1. The van der Waals surface area contributed by atoms with Gasteiger partial charge in [0, 0.05) is 0 Å². The molecule has 0 heterocycles. The molecule has 1 atom stereocenters. The number of carboxylic acid groups (broad SMARTS) is 1. The molecule has 0 saturated heterocycles. The summed E-state index contributed by atoms with van der Waals surface area (Å²) in [5, 5.41) is 10.6. The smallest absolute Gasteiger partial charge is 0.306 e. The number of rotatable bonds is 15. The van der Waals surface area contributed by atoms with Gasteiger partial charge in [-0.15, -0.1) is 0 Å². The summed E-state index contributed by atoms with van der Waals surface area (Å²) >= 11 is 4.75. The Bertz CT molecular complexity index is 383. The van der Waals surface area contributed by atoms with E-state index in [1.165, 1.54) is 18.2 Å². The molecule has 0 aliphatic carbocycles. The molecule has 0 rings (SSSR count). The van der Waals surface area contributed by atoms with Crippen LogP contribution < -0.4 is 0 Å². The van der Waals surface area contributed by atoms with E-state index in [1.807, 2.05) is 0 Å². The molecule has 23 heavy (non-hydrogen) atoms. The lowest BCUT2D eigenvalue weighted by Crippen LogP contribution is -2.13. The van der Waals surface area contributed by atoms with Crippen LogP contribution in [0.2, 0.25) is 0 Å². The second-order valence-corrected chi connectivity index (χ2v) is 6.06. The summed E-state index contributed by atoms with van der Waals surface area (Å²) < 4.78 is 0. The van der Waals surface area contributed by atoms with Crippen LogP contribution in [0.1, 0.15) is 71.1 Å². The summed E-state index contributed by atoms with van der Waals surface area (Å²) in [7, 11) is 0. The van der Waals surface area contributed by atoms with Gasteiger partial charge in [-0.1, -0.05) is 74.9 Å². The maximum Gasteiger partial charge on any atom is 0.306 e. The highest BCUT2D eigenvalue weighted by molar-refractivity contribution is 7.78. The van der Waals surface area contributed by atoms with Gasteiger partial charge in [-0.25, -0.2) is 0 Å². The molecule has 0 saturated carbocycles. The third kappa shape index (κ3) is 15.4. The van der Waals surface area contributed by atoms with Gasteiger partial charge in [0.2, 0.25) is 0 Å². The minimum atomic E-state index is -0.715. The number of hydrogen-bond donors (Lipinski definition) is 1. The average Bonchev–Trinajstić information content (AvgIpc) is 2.54. The Morgan fingerprint density at radius 2 is 1.57 bits per heavy atom. The fourth-order valence-electron chi connectivity index (χ4n) is 2.29. The fraction of sp³-hybridized carbons (Fsp3) is 0.600. The second-order valence-electron chi connectivity index (χ2n) is 5.72. The van der Waals surface area contributed by atoms with E-state index in [4.69, 9.17) is 17.3 Å². The molecule has 3 heteroatoms. The Labute approximate surface area is 147 Å². The van der Waals surface area contributed by atoms with Crippen molar-refractivity contribution >= 4 is 23.6 Å². The SMILES string of the molecule is CCC=CCC=CCC=CCCCCCCC(CC=S)C(=O)O. The first-order chi connectivity index (χ1) is 11.2. The number of allylic oxidation sites excluding steroid dienone is 6. The van der Waals surface area contributed by atoms with E-state index in [9.17, 15) is 4.79 Å². The third-order valence-corrected chi connectivity index (χ3v) is 3.88. The van der Waals surface area contributed by atoms with Gasteiger partial charge >= 0.3 is 5.97 Å². The molecule has 0 aliphatic heterocycles. The molecule has 0 radical (unpaired) electrons. The quantitative estimate of drug-likeness (QED) is 0.217. The molecule has 1 unspecified atom stereocenters. The van der Waals surface area contributed by atoms with E-state index in [2.05, 4.69) is 43.4 Å². The van der Waals surface area contributed by atoms with Gasteiger partial charge in [0.05, 0.1) is 5.92 Å². The minimum Gasteiger partial charge on any atom is -0.481 e. The molecule has 130 valence electrons. The van der Waals surface area contributed by atoms with Gasteiger partial charge < -0.3 is 5.11 Å². The van der Waals surface area contributed by atoms with Crippen LogP contribution in [0.4, 0.5) is 0 Å². The van der Waals surface area contributed by atoms with Gasteiger partial charge in [-0.3, -0.25) is 4.79 Å². The molecule has 1 N–H and O–H groups in total. The summed E-state index contributed by atoms with van der Waals surface area (Å²) in [5.41, 5.74) is 0. The Hall–Kier alpha value is -1.22. The Morgan fingerprint density at radius 3 is 2.17 bits per heavy atom. The number of aliphatic carboxylic acids is 1. The standard InChI is InChI=1S/C20H32O2S/c1-2-3-4-5-6-7-8-9-10-11-12-13-14-15-16-19(17-18-23)20(21)22/h3-4,6-7,9-10,18-19H,2,5,8,11-17H2,1H3,(H,21,22). The van der Waals surface area contributed by atoms with Crippen molar-refractivity contribution < 1.29 is 9.90 Å². The van der Waals surface area contributed by atoms with Crippen LogP contribution in [0.3, 0.4) is 0 Å². The normalized spacial score (nSPS) is 13.3. The molecule has 0 aromatic carbocycles. The lowest BCUT2D eigenvalue weighted by atomic mass is 9.98. The Kier molecular flexibility index (Phi) is 16.2. The first-order valence-electron chi connectivity index (χ1n) is 8.83. The van der Waals surface area contributed by atoms with E-state index >= 15 is 0 Å². The van der Waals surface area contributed by atoms with Gasteiger partial charge in [0.15, 0.2) is 0 Å². The largest absolute Gasteiger partial charge is 0.481 e. The number of carbonyl (C=O) groups is 1. The van der Waals surface area contributed by atoms with E-state index in [0.29, 0.717) is 6.42 Å². The maximum absolute atomic E-state index is 11.0. The van der Waals surface area contributed by atoms with Gasteiger partial charge in [0.1, 0.15) is 0 Å². The predicted octanol–water partition coefficient (Wildman–Crippen LogP) is 6.28. The summed E-state index contributed by atoms with van der Waals surface area (Å²) in [5.74, 6) is -1.00. The van der Waals surface area contributed by atoms with Crippen molar-refractivity contribution in [3.63, 3.8) is 0 Å². The molecule has 0 aromatic rings. The summed E-state index contributed by atoms with van der Waals surface area (Å²) in [6, 6.07) is 0. The van der Waals surface area contributed by atoms with Crippen molar-refractivity contribution in [2.45, 2.75) is 71.1 Å². The van der Waals surface area contributed by atoms with Crippen molar-refractivity contribution in [3.05, 3.63) is 36.5 Å². The van der Waals surface area contributed by atoms with E-state index < -0.39 is 5.97 Å². The summed E-state index contributed by atoms with van der Waals surface area (Å²) in [4.78, 5) is 11.0. The zero-order chi connectivity index (χ0) is 17.2. The lowest BCUT2D eigenvalue weighted by Gasteiger charge is -2.08. The van der Waals surface area contributed by atoms with Gasteiger partial charge in [-0.2, -0.15) is 0 Å². The highest BCUT2D eigenvalue weighted by Gasteiger charge is 2.14. The predicted molar refractivity (Wildman–Crippen MR) is 104 cm³/mol. The summed E-state index contributed by atoms with van der Waals surface area (Å²) in [6.07, 6.45) is 23.2. The van der Waals surface area contributed by atoms with Crippen LogP contribution in [-0.4, -0.2) is 16.4 Å². The molecule has 0 amide bonds. The number of carboxylic acids is 1. The fourth-order valence-corrected chi connectivity index (χ4v) is 2.52. The molecule has 2 nitrogen and oxygen atoms in total. The topological polar surface area (TPSA) is 37.3 Å². The number of hydrogen-bond acceptors (Lipinski definition) is 2. The van der Waals surface area contributed by atoms with Crippen LogP contribution in [0.15, 0.2) is 36.5 Å². The Balaban J connectivity index is 3.48. The maximum atomic E-state index is 11.0. The van der Waals surface area contributed by atoms with Crippen LogP contribution in [0.25, 0.3) is 0 Å². The first-order valence-corrected chi connectivity index (χ1v) is 9.30. The highest BCUT2D eigenvalue weighted by Crippen LogP contribution is 2.14. The van der Waals surface area contributed by atoms with Gasteiger partial charge in [0.25, 0.3) is 0 Å². The number of thiocarbonyl (C=S) groups is 1. The zero-order valence-electron chi connectivity index (χ0n) is 14.5. The molecule has 0 fully saturated rings. The van der Waals surface area contributed by atoms with Crippen LogP contribution >= 0.6 is 12.2 Å². The zero-order valence-corrected chi connectivity index (χ0v) is 15.3. The van der Waals surface area contributed by atoms with Crippen molar-refractivity contribution in [2.75, 3.05) is 0 Å². The van der Waals surface area contributed by atoms with Crippen molar-refractivity contribution in [2.24, 2.45) is 5.92 Å². The van der Waals surface area contributed by atoms with Crippen molar-refractivity contribution in [1.29, 1.82) is 0 Å². The minimum absolute atomic E-state index is 0.286. The van der Waals surface area contributed by atoms with E-state index in [0.717, 1.165) is 44.9 Å². The molecule has 0 bridgehead atoms. The Morgan fingerprint density at radius 1 is 0.957 bits per heavy atom. The highest BCUT2D eigenvalue weighted by atomic mass is 32.1. The molecular weight excluding hydrogens is 304 g/mol. The molecular formula is C20H32O2S. The third-order valence-electron chi connectivity index (χ3n) is 3.68. The lowest BCUT2D eigenvalue weighted by molar-refractivity contribution is -0.141. The van der Waals surface area contributed by atoms with Crippen LogP contribution in [-0.2, 0) is 4.79 Å². The van der Waals surface area contributed by atoms with E-state index in [-0.39, 0.29) is 5.92 Å². The average molecular weight is 337 g/mol. The van der Waals surface area contributed by atoms with Crippen molar-refractivity contribution in [1.82, 2.24) is 0 Å². The molecule has 0 aromatic heterocycles.